The van der Waals surface area contributed by atoms with Gasteiger partial charge in [-0.05, 0) is 100.0 Å². The van der Waals surface area contributed by atoms with Crippen LogP contribution < -0.4 is 0 Å². The van der Waals surface area contributed by atoms with Gasteiger partial charge in [-0.1, -0.05) is 66.6 Å². The highest BCUT2D eigenvalue weighted by Crippen LogP contribution is 2.46. The Balaban J connectivity index is 0.000000182. The van der Waals surface area contributed by atoms with Gasteiger partial charge in [0.25, 0.3) is 0 Å². The first-order valence-electron chi connectivity index (χ1n) is 15.8. The van der Waals surface area contributed by atoms with E-state index in [0.29, 0.717) is 23.0 Å². The van der Waals surface area contributed by atoms with Crippen LogP contribution in [0.25, 0.3) is 16.5 Å². The summed E-state index contributed by atoms with van der Waals surface area (Å²) in [5.41, 5.74) is 7.27. The number of carbonyl (C=O) groups is 3. The minimum atomic E-state index is -0.386. The van der Waals surface area contributed by atoms with Gasteiger partial charge in [0.05, 0.1) is 42.6 Å². The number of benzene rings is 2. The van der Waals surface area contributed by atoms with Crippen molar-refractivity contribution >= 4 is 66.2 Å². The molecule has 9 heteroatoms. The van der Waals surface area contributed by atoms with Gasteiger partial charge < -0.3 is 18.8 Å². The van der Waals surface area contributed by atoms with Crippen molar-refractivity contribution in [2.75, 3.05) is 21.3 Å². The minimum Gasteiger partial charge on any atom is -0.468 e. The number of hydrogen-bond donors (Lipinski definition) is 0. The van der Waals surface area contributed by atoms with Crippen LogP contribution in [0.5, 0.6) is 0 Å². The van der Waals surface area contributed by atoms with Crippen molar-refractivity contribution in [2.45, 2.75) is 83.1 Å². The predicted octanol–water partition coefficient (Wildman–Crippen LogP) is 9.13. The number of allylic oxidation sites excluding steroid dienone is 2. The monoisotopic (exact) mass is 741 g/mol. The van der Waals surface area contributed by atoms with Crippen molar-refractivity contribution in [2.24, 2.45) is 5.92 Å². The van der Waals surface area contributed by atoms with Crippen LogP contribution >= 0.6 is 31.9 Å². The zero-order chi connectivity index (χ0) is 32.1. The molecule has 0 spiro atoms. The smallest absolute Gasteiger partial charge is 0.337 e. The molecule has 240 valence electrons. The van der Waals surface area contributed by atoms with E-state index in [1.807, 2.05) is 22.8 Å². The molecule has 2 fully saturated rings. The van der Waals surface area contributed by atoms with Crippen molar-refractivity contribution in [3.05, 3.63) is 73.3 Å². The molecule has 3 aromatic rings. The largest absolute Gasteiger partial charge is 0.468 e. The Kier molecular flexibility index (Phi) is 11.2. The van der Waals surface area contributed by atoms with Gasteiger partial charge in [-0.2, -0.15) is 0 Å². The number of carbonyl (C=O) groups excluding carboxylic acids is 3. The Morgan fingerprint density at radius 3 is 1.93 bits per heavy atom. The maximum absolute atomic E-state index is 11.9. The highest BCUT2D eigenvalue weighted by atomic mass is 79.9. The standard InChI is InChI=1S/C19H22BrNO4.C17H19BrO2/c1-24-16(22)11-21-15-10-13(19(23)25-2)8-9-14(15)17(18(21)20)12-6-4-3-5-7-12;1-20-17(19)12-7-8-14-13(9-12)10-15(18)16(14)11-5-3-2-4-6-11/h8-10,12H,3-7,11H2,1-2H3;7-9,11H,2-6,10H2,1H3. The lowest BCUT2D eigenvalue weighted by Crippen LogP contribution is -2.12. The molecule has 2 saturated carbocycles. The molecule has 6 rings (SSSR count). The van der Waals surface area contributed by atoms with Crippen LogP contribution in [0, 0.1) is 5.92 Å². The molecule has 3 aliphatic carbocycles. The SMILES string of the molecule is COC(=O)Cn1c(Br)c(C2CCCCC2)c2ccc(C(=O)OC)cc21.COC(=O)c1ccc2c(c1)CC(Br)=C2C1CCCCC1. The van der Waals surface area contributed by atoms with E-state index in [2.05, 4.69) is 37.9 Å². The van der Waals surface area contributed by atoms with Gasteiger partial charge in [0.15, 0.2) is 0 Å². The van der Waals surface area contributed by atoms with E-state index >= 15 is 0 Å². The Morgan fingerprint density at radius 1 is 0.756 bits per heavy atom. The molecule has 0 N–H and O–H groups in total. The van der Waals surface area contributed by atoms with Gasteiger partial charge in [-0.3, -0.25) is 4.79 Å². The first-order valence-corrected chi connectivity index (χ1v) is 17.4. The molecule has 0 atom stereocenters. The summed E-state index contributed by atoms with van der Waals surface area (Å²) in [5.74, 6) is 0.186. The summed E-state index contributed by atoms with van der Waals surface area (Å²) in [7, 11) is 4.17. The van der Waals surface area contributed by atoms with E-state index in [-0.39, 0.29) is 24.5 Å². The molecule has 0 saturated heterocycles. The van der Waals surface area contributed by atoms with E-state index in [4.69, 9.17) is 14.2 Å². The molecule has 45 heavy (non-hydrogen) atoms. The van der Waals surface area contributed by atoms with Crippen LogP contribution in [0.3, 0.4) is 0 Å². The maximum atomic E-state index is 11.9. The second-order valence-electron chi connectivity index (χ2n) is 12.1. The average Bonchev–Trinajstić information content (AvgIpc) is 3.56. The average molecular weight is 744 g/mol. The number of methoxy groups -OCH3 is 3. The fourth-order valence-corrected chi connectivity index (χ4v) is 8.90. The highest BCUT2D eigenvalue weighted by molar-refractivity contribution is 9.11. The summed E-state index contributed by atoms with van der Waals surface area (Å²) in [6.07, 6.45) is 13.6. The molecule has 0 radical (unpaired) electrons. The number of nitrogens with zero attached hydrogens (tertiary/aromatic N) is 1. The number of hydrogen-bond acceptors (Lipinski definition) is 6. The number of aromatic nitrogens is 1. The second-order valence-corrected chi connectivity index (χ2v) is 13.8. The lowest BCUT2D eigenvalue weighted by molar-refractivity contribution is -0.141. The third kappa shape index (κ3) is 7.25. The lowest BCUT2D eigenvalue weighted by Gasteiger charge is -2.24. The second kappa shape index (κ2) is 15.1. The highest BCUT2D eigenvalue weighted by Gasteiger charge is 2.29. The van der Waals surface area contributed by atoms with Gasteiger partial charge >= 0.3 is 17.9 Å². The van der Waals surface area contributed by atoms with E-state index in [1.54, 1.807) is 12.1 Å². The lowest BCUT2D eigenvalue weighted by atomic mass is 9.81. The Morgan fingerprint density at radius 2 is 1.33 bits per heavy atom. The van der Waals surface area contributed by atoms with E-state index in [9.17, 15) is 14.4 Å². The van der Waals surface area contributed by atoms with Crippen molar-refractivity contribution in [1.82, 2.24) is 4.57 Å². The Hall–Kier alpha value is -2.91. The van der Waals surface area contributed by atoms with Gasteiger partial charge in [-0.25, -0.2) is 9.59 Å². The summed E-state index contributed by atoms with van der Waals surface area (Å²) < 4.78 is 18.6. The van der Waals surface area contributed by atoms with Crippen molar-refractivity contribution in [1.29, 1.82) is 0 Å². The zero-order valence-corrected chi connectivity index (χ0v) is 29.4. The maximum Gasteiger partial charge on any atom is 0.337 e. The van der Waals surface area contributed by atoms with Gasteiger partial charge in [0.2, 0.25) is 0 Å². The summed E-state index contributed by atoms with van der Waals surface area (Å²) in [4.78, 5) is 35.4. The molecule has 7 nitrogen and oxygen atoms in total. The summed E-state index contributed by atoms with van der Waals surface area (Å²) in [6, 6.07) is 11.5. The van der Waals surface area contributed by atoms with E-state index in [1.165, 1.54) is 99.4 Å². The predicted molar refractivity (Wildman–Crippen MR) is 183 cm³/mol. The van der Waals surface area contributed by atoms with Crippen LogP contribution in [0.4, 0.5) is 0 Å². The third-order valence-corrected chi connectivity index (χ3v) is 11.0. The number of fused-ring (bicyclic) bond motifs is 2. The number of rotatable bonds is 6. The fraction of sp³-hybridized carbons (Fsp3) is 0.472. The molecule has 3 aliphatic rings. The molecule has 0 bridgehead atoms. The van der Waals surface area contributed by atoms with E-state index < -0.39 is 0 Å². The Labute approximate surface area is 281 Å². The molecule has 0 amide bonds. The number of ether oxygens (including phenoxy) is 3. The van der Waals surface area contributed by atoms with Gasteiger partial charge in [-0.15, -0.1) is 0 Å². The third-order valence-electron chi connectivity index (χ3n) is 9.46. The van der Waals surface area contributed by atoms with Crippen molar-refractivity contribution in [3.63, 3.8) is 0 Å². The summed E-state index contributed by atoms with van der Waals surface area (Å²) >= 11 is 7.47. The van der Waals surface area contributed by atoms with Crippen LogP contribution in [0.15, 0.2) is 45.5 Å². The molecule has 1 aromatic heterocycles. The Bertz CT molecular complexity index is 1610. The fourth-order valence-electron chi connectivity index (χ4n) is 7.21. The van der Waals surface area contributed by atoms with Gasteiger partial charge in [0.1, 0.15) is 6.54 Å². The van der Waals surface area contributed by atoms with E-state index in [0.717, 1.165) is 34.8 Å². The number of esters is 3. The minimum absolute atomic E-state index is 0.102. The normalized spacial score (nSPS) is 17.0. The molecule has 1 heterocycles. The first-order chi connectivity index (χ1) is 21.8. The van der Waals surface area contributed by atoms with Crippen molar-refractivity contribution < 1.29 is 28.6 Å². The zero-order valence-electron chi connectivity index (χ0n) is 26.3. The topological polar surface area (TPSA) is 83.8 Å². The summed E-state index contributed by atoms with van der Waals surface area (Å²) in [6.45, 7) is 0.102. The van der Waals surface area contributed by atoms with Crippen molar-refractivity contribution in [3.8, 4) is 0 Å². The molecule has 0 aliphatic heterocycles. The van der Waals surface area contributed by atoms with Crippen LogP contribution in [0.1, 0.15) is 108 Å². The van der Waals surface area contributed by atoms with Gasteiger partial charge in [0, 0.05) is 16.3 Å². The molecule has 0 unspecified atom stereocenters. The van der Waals surface area contributed by atoms with Crippen LogP contribution in [-0.4, -0.2) is 43.8 Å². The van der Waals surface area contributed by atoms with Crippen LogP contribution in [-0.2, 0) is 32.0 Å². The quantitative estimate of drug-likeness (QED) is 0.185. The van der Waals surface area contributed by atoms with Crippen LogP contribution in [0.2, 0.25) is 0 Å². The molecular formula is C36H41Br2NO6. The summed E-state index contributed by atoms with van der Waals surface area (Å²) in [5, 5.41) is 1.08. The molecular weight excluding hydrogens is 702 g/mol. The first kappa shape index (κ1) is 33.5. The molecule has 2 aromatic carbocycles. The number of halogens is 2.